The van der Waals surface area contributed by atoms with Crippen LogP contribution in [0.5, 0.6) is 0 Å². The van der Waals surface area contributed by atoms with E-state index >= 15 is 0 Å². The molecule has 0 spiro atoms. The Morgan fingerprint density at radius 2 is 1.80 bits per heavy atom. The summed E-state index contributed by atoms with van der Waals surface area (Å²) < 4.78 is 0. The molecule has 0 aromatic rings. The summed E-state index contributed by atoms with van der Waals surface area (Å²) >= 11 is 0. The number of amides is 1. The smallest absolute Gasteiger partial charge is 0.259 e. The number of hydrogen-bond donors (Lipinski definition) is 0. The summed E-state index contributed by atoms with van der Waals surface area (Å²) in [5, 5.41) is 0. The van der Waals surface area contributed by atoms with Crippen molar-refractivity contribution in [3.05, 3.63) is 11.8 Å². The number of hydrogen-bond acceptors (Lipinski definition) is 3. The fourth-order valence-corrected chi connectivity index (χ4v) is 1.49. The quantitative estimate of drug-likeness (QED) is 0.471. The van der Waals surface area contributed by atoms with Gasteiger partial charge in [0.2, 0.25) is 0 Å². The van der Waals surface area contributed by atoms with Crippen molar-refractivity contribution in [3.63, 3.8) is 0 Å². The van der Waals surface area contributed by atoms with E-state index in [2.05, 4.69) is 0 Å². The Balaban J connectivity index is 2.99. The van der Waals surface area contributed by atoms with Crippen molar-refractivity contribution >= 4 is 11.7 Å². The minimum atomic E-state index is -0.297. The number of Topliss-reactive ketones (excluding diaryl/α,β-unsaturated/α-hetero) is 1. The lowest BCUT2D eigenvalue weighted by Gasteiger charge is -2.30. The van der Waals surface area contributed by atoms with Crippen molar-refractivity contribution in [2.24, 2.45) is 0 Å². The molecule has 84 valence electrons. The number of carbonyl (C=O) groups is 2. The van der Waals surface area contributed by atoms with Crippen LogP contribution in [0, 0.1) is 0 Å². The van der Waals surface area contributed by atoms with Gasteiger partial charge in [-0.25, -0.2) is 0 Å². The molecule has 0 aliphatic carbocycles. The predicted molar refractivity (Wildman–Crippen MR) is 58.2 cm³/mol. The van der Waals surface area contributed by atoms with Gasteiger partial charge in [0.25, 0.3) is 5.91 Å². The molecule has 1 heterocycles. The Kier molecular flexibility index (Phi) is 2.88. The molecular formula is C11H18N2O2. The summed E-state index contributed by atoms with van der Waals surface area (Å²) in [5.74, 6) is -0.259. The van der Waals surface area contributed by atoms with Crippen molar-refractivity contribution in [2.45, 2.75) is 26.3 Å². The van der Waals surface area contributed by atoms with Gasteiger partial charge in [-0.15, -0.1) is 0 Å². The van der Waals surface area contributed by atoms with Crippen LogP contribution in [0.1, 0.15) is 20.8 Å². The highest BCUT2D eigenvalue weighted by Crippen LogP contribution is 2.23. The second kappa shape index (κ2) is 3.68. The average molecular weight is 210 g/mol. The Morgan fingerprint density at radius 1 is 1.27 bits per heavy atom. The minimum absolute atomic E-state index is 0.0939. The summed E-state index contributed by atoms with van der Waals surface area (Å²) in [7, 11) is 3.60. The van der Waals surface area contributed by atoms with Crippen LogP contribution in [-0.2, 0) is 9.59 Å². The topological polar surface area (TPSA) is 40.6 Å². The van der Waals surface area contributed by atoms with Gasteiger partial charge >= 0.3 is 0 Å². The Morgan fingerprint density at radius 3 is 2.13 bits per heavy atom. The molecule has 0 N–H and O–H groups in total. The second-order valence-electron chi connectivity index (χ2n) is 4.99. The number of rotatable bonds is 1. The van der Waals surface area contributed by atoms with Crippen LogP contribution in [0.25, 0.3) is 0 Å². The number of carbonyl (C=O) groups excluding carboxylic acids is 2. The van der Waals surface area contributed by atoms with Crippen molar-refractivity contribution in [1.29, 1.82) is 0 Å². The lowest BCUT2D eigenvalue weighted by molar-refractivity contribution is -0.129. The molecule has 0 aromatic heterocycles. The zero-order chi connectivity index (χ0) is 11.8. The molecule has 1 rings (SSSR count). The zero-order valence-electron chi connectivity index (χ0n) is 10.00. The van der Waals surface area contributed by atoms with E-state index in [1.54, 1.807) is 30.1 Å². The molecule has 0 saturated carbocycles. The average Bonchev–Trinajstić information content (AvgIpc) is 2.30. The van der Waals surface area contributed by atoms with Crippen molar-refractivity contribution in [1.82, 2.24) is 9.80 Å². The van der Waals surface area contributed by atoms with Crippen LogP contribution in [0.2, 0.25) is 0 Å². The number of nitrogens with zero attached hydrogens (tertiary/aromatic N) is 2. The summed E-state index contributed by atoms with van der Waals surface area (Å²) in [5.41, 5.74) is -0.0100. The summed E-state index contributed by atoms with van der Waals surface area (Å²) in [6.45, 7) is 5.98. The Hall–Kier alpha value is -1.32. The van der Waals surface area contributed by atoms with E-state index in [4.69, 9.17) is 0 Å². The van der Waals surface area contributed by atoms with E-state index in [9.17, 15) is 9.59 Å². The van der Waals surface area contributed by atoms with Gasteiger partial charge in [-0.1, -0.05) is 0 Å². The van der Waals surface area contributed by atoms with E-state index in [-0.39, 0.29) is 29.3 Å². The van der Waals surface area contributed by atoms with Gasteiger partial charge < -0.3 is 9.80 Å². The predicted octanol–water partition coefficient (Wildman–Crippen LogP) is 0.642. The molecule has 1 aliphatic heterocycles. The van der Waals surface area contributed by atoms with Crippen molar-refractivity contribution in [2.75, 3.05) is 20.6 Å². The molecular weight excluding hydrogens is 192 g/mol. The summed E-state index contributed by atoms with van der Waals surface area (Å²) in [6, 6.07) is 0. The Labute approximate surface area is 90.5 Å². The van der Waals surface area contributed by atoms with Gasteiger partial charge in [0.15, 0.2) is 5.78 Å². The molecule has 1 aliphatic rings. The molecule has 1 fully saturated rings. The monoisotopic (exact) mass is 210 g/mol. The van der Waals surface area contributed by atoms with Gasteiger partial charge in [-0.2, -0.15) is 0 Å². The SMILES string of the molecule is CN(C)/C=C1\C(=O)CN(C(C)(C)C)C1=O. The highest BCUT2D eigenvalue weighted by Gasteiger charge is 2.39. The molecule has 0 bridgehead atoms. The van der Waals surface area contributed by atoms with Crippen molar-refractivity contribution in [3.8, 4) is 0 Å². The van der Waals surface area contributed by atoms with Crippen LogP contribution in [-0.4, -0.2) is 47.7 Å². The van der Waals surface area contributed by atoms with Crippen LogP contribution in [0.3, 0.4) is 0 Å². The maximum absolute atomic E-state index is 11.9. The summed E-state index contributed by atoms with van der Waals surface area (Å²) in [6.07, 6.45) is 1.59. The first-order valence-electron chi connectivity index (χ1n) is 4.97. The van der Waals surface area contributed by atoms with Crippen molar-refractivity contribution < 1.29 is 9.59 Å². The van der Waals surface area contributed by atoms with E-state index in [1.165, 1.54) is 0 Å². The minimum Gasteiger partial charge on any atom is -0.383 e. The van der Waals surface area contributed by atoms with Gasteiger partial charge in [-0.05, 0) is 20.8 Å². The van der Waals surface area contributed by atoms with E-state index in [0.717, 1.165) is 0 Å². The Bertz CT molecular complexity index is 324. The molecule has 1 saturated heterocycles. The third-order valence-corrected chi connectivity index (χ3v) is 2.27. The highest BCUT2D eigenvalue weighted by atomic mass is 16.2. The maximum Gasteiger partial charge on any atom is 0.259 e. The zero-order valence-corrected chi connectivity index (χ0v) is 10.00. The molecule has 0 aromatic carbocycles. The lowest BCUT2D eigenvalue weighted by atomic mass is 10.1. The van der Waals surface area contributed by atoms with Gasteiger partial charge in [0.05, 0.1) is 6.54 Å². The first kappa shape index (κ1) is 11.8. The first-order chi connectivity index (χ1) is 6.73. The normalized spacial score (nSPS) is 20.3. The van der Waals surface area contributed by atoms with E-state index in [0.29, 0.717) is 0 Å². The van der Waals surface area contributed by atoms with Gasteiger partial charge in [0.1, 0.15) is 5.57 Å². The molecule has 0 atom stereocenters. The first-order valence-corrected chi connectivity index (χ1v) is 4.97. The van der Waals surface area contributed by atoms with E-state index in [1.807, 2.05) is 20.8 Å². The van der Waals surface area contributed by atoms with Crippen LogP contribution in [0.4, 0.5) is 0 Å². The van der Waals surface area contributed by atoms with Gasteiger partial charge in [-0.3, -0.25) is 9.59 Å². The van der Waals surface area contributed by atoms with Crippen LogP contribution >= 0.6 is 0 Å². The number of ketones is 1. The second-order valence-corrected chi connectivity index (χ2v) is 4.99. The fourth-order valence-electron chi connectivity index (χ4n) is 1.49. The molecule has 0 radical (unpaired) electrons. The van der Waals surface area contributed by atoms with Gasteiger partial charge in [0, 0.05) is 25.8 Å². The largest absolute Gasteiger partial charge is 0.383 e. The summed E-state index contributed by atoms with van der Waals surface area (Å²) in [4.78, 5) is 26.8. The lowest BCUT2D eigenvalue weighted by Crippen LogP contribution is -2.42. The van der Waals surface area contributed by atoms with Crippen LogP contribution < -0.4 is 0 Å². The fraction of sp³-hybridized carbons (Fsp3) is 0.636. The van der Waals surface area contributed by atoms with Crippen LogP contribution in [0.15, 0.2) is 11.8 Å². The standard InChI is InChI=1S/C11H18N2O2/c1-11(2,3)13-7-9(14)8(10(13)15)6-12(4)5/h6H,7H2,1-5H3/b8-6+. The highest BCUT2D eigenvalue weighted by molar-refractivity contribution is 6.25. The number of likely N-dealkylation sites (tertiary alicyclic amines) is 1. The third kappa shape index (κ3) is 2.37. The third-order valence-electron chi connectivity index (χ3n) is 2.27. The molecule has 1 amide bonds. The molecule has 15 heavy (non-hydrogen) atoms. The molecule has 0 unspecified atom stereocenters. The molecule has 4 heteroatoms. The van der Waals surface area contributed by atoms with E-state index < -0.39 is 0 Å². The maximum atomic E-state index is 11.9. The molecule has 4 nitrogen and oxygen atoms in total.